The summed E-state index contributed by atoms with van der Waals surface area (Å²) >= 11 is 0. The van der Waals surface area contributed by atoms with Gasteiger partial charge in [-0.3, -0.25) is 0 Å². The molecule has 11 heteroatoms. The van der Waals surface area contributed by atoms with Gasteiger partial charge in [0.25, 0.3) is 0 Å². The molecule has 0 amide bonds. The molecule has 0 saturated carbocycles. The number of nitrogens with two attached hydrogens (primary N) is 2. The van der Waals surface area contributed by atoms with Gasteiger partial charge in [-0.05, 0) is 6.92 Å². The Hall–Kier alpha value is -2.69. The van der Waals surface area contributed by atoms with Crippen molar-refractivity contribution in [3.05, 3.63) is 12.2 Å². The fourth-order valence-corrected chi connectivity index (χ4v) is 0.0667. The molecule has 0 saturated heterocycles. The van der Waals surface area contributed by atoms with E-state index in [0.717, 1.165) is 12.7 Å². The molecule has 0 aromatic rings. The van der Waals surface area contributed by atoms with Crippen molar-refractivity contribution in [1.82, 2.24) is 6.15 Å². The molecule has 98 valence electrons. The Balaban J connectivity index is -0.0000000729. The second-order valence-electron chi connectivity index (χ2n) is 1.87. The Morgan fingerprint density at radius 1 is 1.24 bits per heavy atom. The average molecular weight is 247 g/mol. The summed E-state index contributed by atoms with van der Waals surface area (Å²) in [5.74, 6) is 8.05. The van der Waals surface area contributed by atoms with E-state index < -0.39 is 5.97 Å². The summed E-state index contributed by atoms with van der Waals surface area (Å²) in [6.07, 6.45) is 1.89. The van der Waals surface area contributed by atoms with Gasteiger partial charge in [0.05, 0.1) is 0 Å². The Bertz CT molecular complexity index is 245. The number of rotatable bonds is 3. The molecule has 0 heterocycles. The van der Waals surface area contributed by atoms with E-state index in [1.807, 2.05) is 0 Å². The van der Waals surface area contributed by atoms with Crippen molar-refractivity contribution in [2.75, 3.05) is 0 Å². The molecular weight excluding hydrogens is 230 g/mol. The first-order valence-electron chi connectivity index (χ1n) is 3.53. The van der Waals surface area contributed by atoms with Gasteiger partial charge in [-0.15, -0.1) is 10.2 Å². The molecule has 0 bridgehead atoms. The number of aliphatic carboxylic acids is 1. The smallest absolute Gasteiger partial charge is 0.330 e. The molecule has 11 nitrogen and oxygen atoms in total. The van der Waals surface area contributed by atoms with Gasteiger partial charge in [-0.2, -0.15) is 10.2 Å². The highest BCUT2D eigenvalue weighted by Gasteiger charge is 1.90. The highest BCUT2D eigenvalue weighted by Crippen LogP contribution is 1.81. The maximum absolute atomic E-state index is 9.60. The van der Waals surface area contributed by atoms with Crippen LogP contribution in [-0.2, 0) is 4.79 Å². The third-order valence-corrected chi connectivity index (χ3v) is 0.614. The summed E-state index contributed by atoms with van der Waals surface area (Å²) in [7, 11) is 0. The summed E-state index contributed by atoms with van der Waals surface area (Å²) in [6, 6.07) is 0. The Kier molecular flexibility index (Phi) is 32.6. The van der Waals surface area contributed by atoms with E-state index in [1.165, 1.54) is 6.92 Å². The molecule has 0 fully saturated rings. The van der Waals surface area contributed by atoms with Crippen molar-refractivity contribution in [2.24, 2.45) is 32.1 Å². The molecular formula is C6H17N9O2. The molecule has 0 aromatic heterocycles. The Labute approximate surface area is 97.9 Å². The zero-order chi connectivity index (χ0) is 13.4. The van der Waals surface area contributed by atoms with Gasteiger partial charge in [-0.1, -0.05) is 6.58 Å². The molecule has 17 heavy (non-hydrogen) atoms. The minimum absolute atomic E-state index is 0. The van der Waals surface area contributed by atoms with Crippen LogP contribution >= 0.6 is 0 Å². The van der Waals surface area contributed by atoms with Gasteiger partial charge in [0, 0.05) is 5.57 Å². The number of nitrogens with zero attached hydrogens (tertiary/aromatic N) is 4. The van der Waals surface area contributed by atoms with Crippen LogP contribution in [0.1, 0.15) is 6.92 Å². The fourth-order valence-electron chi connectivity index (χ4n) is 0.0667. The lowest BCUT2D eigenvalue weighted by Crippen LogP contribution is -1.92. The maximum Gasteiger partial charge on any atom is 0.330 e. The Morgan fingerprint density at radius 3 is 1.47 bits per heavy atom. The molecule has 0 aliphatic heterocycles. The third-order valence-electron chi connectivity index (χ3n) is 0.614. The van der Waals surface area contributed by atoms with Gasteiger partial charge in [0.1, 0.15) is 0 Å². The van der Waals surface area contributed by atoms with Crippen LogP contribution < -0.4 is 17.8 Å². The predicted molar refractivity (Wildman–Crippen MR) is 63.1 cm³/mol. The topological polar surface area (TPSA) is 221 Å². The molecule has 0 aliphatic rings. The molecule has 0 aliphatic carbocycles. The van der Waals surface area contributed by atoms with Crippen LogP contribution in [0, 0.1) is 11.1 Å². The van der Waals surface area contributed by atoms with E-state index in [0.29, 0.717) is 0 Å². The quantitative estimate of drug-likeness (QED) is 0.105. The van der Waals surface area contributed by atoms with Gasteiger partial charge in [-0.25, -0.2) is 15.9 Å². The van der Waals surface area contributed by atoms with E-state index >= 15 is 0 Å². The second kappa shape index (κ2) is 23.3. The van der Waals surface area contributed by atoms with E-state index in [9.17, 15) is 4.79 Å². The minimum Gasteiger partial charge on any atom is -0.478 e. The van der Waals surface area contributed by atoms with Crippen molar-refractivity contribution < 1.29 is 9.90 Å². The van der Waals surface area contributed by atoms with E-state index in [4.69, 9.17) is 16.2 Å². The predicted octanol–water partition coefficient (Wildman–Crippen LogP) is 0.648. The summed E-state index contributed by atoms with van der Waals surface area (Å²) in [4.78, 5) is 9.60. The minimum atomic E-state index is -0.935. The molecule has 0 spiro atoms. The van der Waals surface area contributed by atoms with Crippen LogP contribution in [0.3, 0.4) is 0 Å². The van der Waals surface area contributed by atoms with Crippen molar-refractivity contribution in [1.29, 1.82) is 11.1 Å². The number of carboxylic acids is 1. The SMILES string of the molecule is C=C(C)C(=O)O.N.N=NC=NN.N=NC=NN. The first-order chi connectivity index (χ1) is 7.47. The van der Waals surface area contributed by atoms with Gasteiger partial charge >= 0.3 is 5.97 Å². The fraction of sp³-hybridized carbons (Fsp3) is 0.167. The summed E-state index contributed by atoms with van der Waals surface area (Å²) in [5.41, 5.74) is 12.2. The molecule has 0 aromatic carbocycles. The monoisotopic (exact) mass is 247 g/mol. The van der Waals surface area contributed by atoms with Crippen molar-refractivity contribution in [2.45, 2.75) is 6.92 Å². The number of hydrogen-bond acceptors (Lipinski definition) is 8. The van der Waals surface area contributed by atoms with E-state index in [1.54, 1.807) is 0 Å². The zero-order valence-corrected chi connectivity index (χ0v) is 9.37. The molecule has 0 unspecified atom stereocenters. The van der Waals surface area contributed by atoms with Crippen LogP contribution in [0.2, 0.25) is 0 Å². The zero-order valence-electron chi connectivity index (χ0n) is 9.37. The number of hydrazone groups is 2. The average Bonchev–Trinajstić information content (AvgIpc) is 2.22. The van der Waals surface area contributed by atoms with Gasteiger partial charge in [0.15, 0.2) is 12.7 Å². The number of nitrogens with one attached hydrogen (secondary N) is 2. The van der Waals surface area contributed by atoms with Crippen LogP contribution in [0.25, 0.3) is 0 Å². The van der Waals surface area contributed by atoms with Gasteiger partial charge < -0.3 is 22.9 Å². The first kappa shape index (κ1) is 23.8. The number of hydrogen-bond donors (Lipinski definition) is 6. The largest absolute Gasteiger partial charge is 0.478 e. The lowest BCUT2D eigenvalue weighted by atomic mass is 10.4. The molecule has 0 rings (SSSR count). The second-order valence-corrected chi connectivity index (χ2v) is 1.87. The summed E-state index contributed by atoms with van der Waals surface area (Å²) in [5, 5.41) is 19.0. The highest BCUT2D eigenvalue weighted by atomic mass is 16.4. The van der Waals surface area contributed by atoms with Crippen LogP contribution in [0.4, 0.5) is 0 Å². The molecule has 10 N–H and O–H groups in total. The summed E-state index contributed by atoms with van der Waals surface area (Å²) in [6.45, 7) is 4.60. The van der Waals surface area contributed by atoms with Gasteiger partial charge in [0.2, 0.25) is 0 Å². The first-order valence-corrected chi connectivity index (χ1v) is 3.53. The van der Waals surface area contributed by atoms with E-state index in [2.05, 4.69) is 38.7 Å². The third kappa shape index (κ3) is 60.4. The maximum atomic E-state index is 9.60. The van der Waals surface area contributed by atoms with Crippen molar-refractivity contribution >= 4 is 18.6 Å². The standard InChI is InChI=1S/C4H6O2.2CH4N4.H3N/c1-3(2)4(5)6;2*2-4-1-5-3;/h1H2,2H3,(H,5,6);2*1-2H,3H2;1H3. The van der Waals surface area contributed by atoms with E-state index in [-0.39, 0.29) is 11.7 Å². The molecule has 0 atom stereocenters. The van der Waals surface area contributed by atoms with Crippen LogP contribution in [-0.4, -0.2) is 23.8 Å². The van der Waals surface area contributed by atoms with Crippen molar-refractivity contribution in [3.8, 4) is 0 Å². The summed E-state index contributed by atoms with van der Waals surface area (Å²) < 4.78 is 0. The Morgan fingerprint density at radius 2 is 1.47 bits per heavy atom. The normalized spacial score (nSPS) is 7.82. The number of carboxylic acid groups (broad SMARTS) is 1. The van der Waals surface area contributed by atoms with Crippen LogP contribution in [0.15, 0.2) is 32.6 Å². The number of carbonyl (C=O) groups is 1. The highest BCUT2D eigenvalue weighted by molar-refractivity contribution is 5.84. The lowest BCUT2D eigenvalue weighted by Gasteiger charge is -1.79. The lowest BCUT2D eigenvalue weighted by molar-refractivity contribution is -0.132. The molecule has 0 radical (unpaired) electrons. The van der Waals surface area contributed by atoms with Crippen LogP contribution in [0.5, 0.6) is 0 Å². The van der Waals surface area contributed by atoms with Crippen molar-refractivity contribution in [3.63, 3.8) is 0 Å².